The highest BCUT2D eigenvalue weighted by Gasteiger charge is 2.36. The molecule has 182 valence electrons. The standard InChI is InChI=1S/C28H25FN4O3/c1-16-5-12-22(15-17(16)2)33-18(3)24(25(30-28(33)34)19-6-10-21(29)11-7-19)27-31-26(32-36-27)20-8-13-23(35-4)14-9-20/h5-15,25H,1-4H3,(H,30,34). The first-order valence-corrected chi connectivity index (χ1v) is 11.5. The number of hydrogen-bond donors (Lipinski definition) is 1. The molecule has 4 aromatic rings. The molecule has 0 saturated carbocycles. The van der Waals surface area contributed by atoms with Crippen LogP contribution in [0.1, 0.15) is 35.5 Å². The molecule has 8 heteroatoms. The average Bonchev–Trinajstić information content (AvgIpc) is 3.36. The third-order valence-corrected chi connectivity index (χ3v) is 6.44. The molecule has 7 nitrogen and oxygen atoms in total. The van der Waals surface area contributed by atoms with Gasteiger partial charge in [-0.05, 0) is 86.0 Å². The van der Waals surface area contributed by atoms with Gasteiger partial charge in [-0.15, -0.1) is 0 Å². The van der Waals surface area contributed by atoms with Crippen LogP contribution in [0.2, 0.25) is 0 Å². The van der Waals surface area contributed by atoms with Gasteiger partial charge in [-0.1, -0.05) is 23.4 Å². The fraction of sp³-hybridized carbons (Fsp3) is 0.179. The van der Waals surface area contributed by atoms with Crippen molar-refractivity contribution in [2.24, 2.45) is 0 Å². The SMILES string of the molecule is COc1ccc(-c2noc(C3=C(C)N(c4ccc(C)c(C)c4)C(=O)NC3c3ccc(F)cc3)n2)cc1. The molecule has 2 amide bonds. The largest absolute Gasteiger partial charge is 0.497 e. The van der Waals surface area contributed by atoms with Gasteiger partial charge in [-0.2, -0.15) is 4.98 Å². The lowest BCUT2D eigenvalue weighted by atomic mass is 9.94. The van der Waals surface area contributed by atoms with Crippen LogP contribution in [-0.4, -0.2) is 23.3 Å². The van der Waals surface area contributed by atoms with Crippen LogP contribution in [0.25, 0.3) is 17.0 Å². The minimum atomic E-state index is -0.606. The van der Waals surface area contributed by atoms with Crippen LogP contribution in [-0.2, 0) is 0 Å². The van der Waals surface area contributed by atoms with Crippen molar-refractivity contribution in [1.29, 1.82) is 0 Å². The van der Waals surface area contributed by atoms with E-state index < -0.39 is 6.04 Å². The van der Waals surface area contributed by atoms with E-state index in [4.69, 9.17) is 9.26 Å². The molecule has 1 aromatic heterocycles. The van der Waals surface area contributed by atoms with E-state index in [0.717, 1.165) is 28.1 Å². The smallest absolute Gasteiger partial charge is 0.326 e. The minimum Gasteiger partial charge on any atom is -0.497 e. The highest BCUT2D eigenvalue weighted by atomic mass is 19.1. The van der Waals surface area contributed by atoms with Crippen LogP contribution in [0.15, 0.2) is 77.0 Å². The van der Waals surface area contributed by atoms with Crippen molar-refractivity contribution in [1.82, 2.24) is 15.5 Å². The summed E-state index contributed by atoms with van der Waals surface area (Å²) in [6.45, 7) is 5.87. The van der Waals surface area contributed by atoms with E-state index in [0.29, 0.717) is 22.7 Å². The number of allylic oxidation sites excluding steroid dienone is 1. The maximum absolute atomic E-state index is 13.7. The number of methoxy groups -OCH3 is 1. The Morgan fingerprint density at radius 2 is 1.69 bits per heavy atom. The van der Waals surface area contributed by atoms with Crippen LogP contribution in [0.3, 0.4) is 0 Å². The number of halogens is 1. The van der Waals surface area contributed by atoms with Crippen LogP contribution in [0, 0.1) is 19.7 Å². The maximum Gasteiger partial charge on any atom is 0.326 e. The highest BCUT2D eigenvalue weighted by molar-refractivity contribution is 6.01. The third-order valence-electron chi connectivity index (χ3n) is 6.44. The summed E-state index contributed by atoms with van der Waals surface area (Å²) in [5.74, 6) is 1.03. The molecule has 0 fully saturated rings. The molecule has 0 spiro atoms. The number of carbonyl (C=O) groups excluding carboxylic acids is 1. The second-order valence-corrected chi connectivity index (χ2v) is 8.69. The number of amides is 2. The van der Waals surface area contributed by atoms with Gasteiger partial charge in [0.1, 0.15) is 11.6 Å². The molecule has 1 aliphatic heterocycles. The quantitative estimate of drug-likeness (QED) is 0.365. The first-order valence-electron chi connectivity index (χ1n) is 11.5. The molecule has 1 atom stereocenters. The number of nitrogens with one attached hydrogen (secondary N) is 1. The lowest BCUT2D eigenvalue weighted by Gasteiger charge is -2.35. The number of hydrogen-bond acceptors (Lipinski definition) is 5. The lowest BCUT2D eigenvalue weighted by molar-refractivity contribution is 0.244. The lowest BCUT2D eigenvalue weighted by Crippen LogP contribution is -2.46. The number of carbonyl (C=O) groups is 1. The van der Waals surface area contributed by atoms with Gasteiger partial charge in [0.25, 0.3) is 5.89 Å². The Hall–Kier alpha value is -4.46. The van der Waals surface area contributed by atoms with Crippen LogP contribution >= 0.6 is 0 Å². The Kier molecular flexibility index (Phi) is 6.01. The molecule has 0 radical (unpaired) electrons. The Morgan fingerprint density at radius 1 is 0.972 bits per heavy atom. The fourth-order valence-corrected chi connectivity index (χ4v) is 4.29. The zero-order valence-corrected chi connectivity index (χ0v) is 20.4. The van der Waals surface area contributed by atoms with Gasteiger partial charge >= 0.3 is 6.03 Å². The molecule has 5 rings (SSSR count). The summed E-state index contributed by atoms with van der Waals surface area (Å²) in [6, 6.07) is 18.3. The van der Waals surface area contributed by atoms with Crippen molar-refractivity contribution in [3.8, 4) is 17.1 Å². The molecule has 3 aromatic carbocycles. The number of benzene rings is 3. The van der Waals surface area contributed by atoms with Crippen LogP contribution < -0.4 is 15.0 Å². The number of anilines is 1. The van der Waals surface area contributed by atoms with E-state index in [9.17, 15) is 9.18 Å². The number of rotatable bonds is 5. The molecule has 0 saturated heterocycles. The molecule has 0 aliphatic carbocycles. The number of aromatic nitrogens is 2. The number of ether oxygens (including phenoxy) is 1. The predicted octanol–water partition coefficient (Wildman–Crippen LogP) is 6.20. The average molecular weight is 485 g/mol. The van der Waals surface area contributed by atoms with Crippen molar-refractivity contribution in [2.75, 3.05) is 12.0 Å². The summed E-state index contributed by atoms with van der Waals surface area (Å²) in [6.07, 6.45) is 0. The van der Waals surface area contributed by atoms with Gasteiger partial charge < -0.3 is 14.6 Å². The monoisotopic (exact) mass is 484 g/mol. The molecule has 1 unspecified atom stereocenters. The molecule has 1 aliphatic rings. The summed E-state index contributed by atoms with van der Waals surface area (Å²) in [5, 5.41) is 7.22. The minimum absolute atomic E-state index is 0.265. The van der Waals surface area contributed by atoms with Gasteiger partial charge in [0.05, 0.1) is 24.4 Å². The van der Waals surface area contributed by atoms with Gasteiger partial charge in [-0.25, -0.2) is 9.18 Å². The van der Waals surface area contributed by atoms with Gasteiger partial charge in [-0.3, -0.25) is 4.90 Å². The molecule has 0 bridgehead atoms. The summed E-state index contributed by atoms with van der Waals surface area (Å²) in [5.41, 5.74) is 5.64. The van der Waals surface area contributed by atoms with Crippen molar-refractivity contribution in [2.45, 2.75) is 26.8 Å². The Labute approximate surface area is 208 Å². The Balaban J connectivity index is 1.64. The number of aryl methyl sites for hydroxylation is 2. The van der Waals surface area contributed by atoms with E-state index in [1.54, 1.807) is 24.1 Å². The zero-order chi connectivity index (χ0) is 25.4. The normalized spacial score (nSPS) is 15.8. The van der Waals surface area contributed by atoms with E-state index in [1.165, 1.54) is 12.1 Å². The molecular weight excluding hydrogens is 459 g/mol. The molecule has 2 heterocycles. The third kappa shape index (κ3) is 4.22. The Morgan fingerprint density at radius 3 is 2.36 bits per heavy atom. The van der Waals surface area contributed by atoms with Gasteiger partial charge in [0, 0.05) is 11.3 Å². The van der Waals surface area contributed by atoms with Crippen molar-refractivity contribution < 1.29 is 18.4 Å². The van der Waals surface area contributed by atoms with Gasteiger partial charge in [0.2, 0.25) is 5.82 Å². The zero-order valence-electron chi connectivity index (χ0n) is 20.4. The van der Waals surface area contributed by atoms with Crippen LogP contribution in [0.4, 0.5) is 14.9 Å². The highest BCUT2D eigenvalue weighted by Crippen LogP contribution is 2.39. The summed E-state index contributed by atoms with van der Waals surface area (Å²) < 4.78 is 24.6. The molecule has 1 N–H and O–H groups in total. The fourth-order valence-electron chi connectivity index (χ4n) is 4.29. The van der Waals surface area contributed by atoms with E-state index >= 15 is 0 Å². The second-order valence-electron chi connectivity index (χ2n) is 8.69. The first kappa shape index (κ1) is 23.3. The first-order chi connectivity index (χ1) is 17.4. The van der Waals surface area contributed by atoms with Crippen molar-refractivity contribution >= 4 is 17.3 Å². The van der Waals surface area contributed by atoms with Crippen molar-refractivity contribution in [3.05, 3.63) is 101 Å². The summed E-state index contributed by atoms with van der Waals surface area (Å²) in [4.78, 5) is 19.6. The van der Waals surface area contributed by atoms with Gasteiger partial charge in [0.15, 0.2) is 0 Å². The predicted molar refractivity (Wildman–Crippen MR) is 135 cm³/mol. The number of urea groups is 1. The topological polar surface area (TPSA) is 80.5 Å². The molecular formula is C28H25FN4O3. The van der Waals surface area contributed by atoms with Crippen LogP contribution in [0.5, 0.6) is 5.75 Å². The van der Waals surface area contributed by atoms with Crippen molar-refractivity contribution in [3.63, 3.8) is 0 Å². The van der Waals surface area contributed by atoms with E-state index in [1.807, 2.05) is 63.2 Å². The summed E-state index contributed by atoms with van der Waals surface area (Å²) >= 11 is 0. The summed E-state index contributed by atoms with van der Waals surface area (Å²) in [7, 11) is 1.60. The van der Waals surface area contributed by atoms with E-state index in [2.05, 4.69) is 15.5 Å². The van der Waals surface area contributed by atoms with E-state index in [-0.39, 0.29) is 17.7 Å². The molecule has 36 heavy (non-hydrogen) atoms. The second kappa shape index (κ2) is 9.30. The number of nitrogens with zero attached hydrogens (tertiary/aromatic N) is 3. The maximum atomic E-state index is 13.7. The Bertz CT molecular complexity index is 1460.